The van der Waals surface area contributed by atoms with Crippen molar-refractivity contribution in [1.29, 1.82) is 10.5 Å². The number of pyridine rings is 4. The molecular weight excluding hydrogens is 621 g/mol. The van der Waals surface area contributed by atoms with Gasteiger partial charge in [-0.15, -0.1) is 11.3 Å². The maximum atomic E-state index is 9.33. The van der Waals surface area contributed by atoms with Crippen LogP contribution >= 0.6 is 11.3 Å². The van der Waals surface area contributed by atoms with Crippen molar-refractivity contribution in [2.24, 2.45) is 0 Å². The van der Waals surface area contributed by atoms with Crippen molar-refractivity contribution >= 4 is 53.1 Å². The van der Waals surface area contributed by atoms with E-state index in [0.29, 0.717) is 22.5 Å². The van der Waals surface area contributed by atoms with E-state index in [1.807, 2.05) is 24.5 Å². The molecule has 0 fully saturated rings. The number of hydrogen-bond donors (Lipinski definition) is 0. The monoisotopic (exact) mass is 642 g/mol. The van der Waals surface area contributed by atoms with Gasteiger partial charge in [-0.1, -0.05) is 60.7 Å². The zero-order valence-electron chi connectivity index (χ0n) is 25.8. The van der Waals surface area contributed by atoms with Gasteiger partial charge >= 0.3 is 0 Å². The Morgan fingerprint density at radius 3 is 1.31 bits per heavy atom. The molecule has 0 aliphatic carbocycles. The van der Waals surface area contributed by atoms with Gasteiger partial charge in [-0.2, -0.15) is 10.5 Å². The molecule has 0 spiro atoms. The molecule has 49 heavy (non-hydrogen) atoms. The summed E-state index contributed by atoms with van der Waals surface area (Å²) < 4.78 is 2.41. The molecule has 6 nitrogen and oxygen atoms in total. The largest absolute Gasteiger partial charge is 0.255 e. The number of thiophene rings is 1. The van der Waals surface area contributed by atoms with Crippen LogP contribution in [0.15, 0.2) is 134 Å². The lowest BCUT2D eigenvalue weighted by Gasteiger charge is -2.12. The Morgan fingerprint density at radius 2 is 0.898 bits per heavy atom. The normalized spacial score (nSPS) is 11.2. The van der Waals surface area contributed by atoms with E-state index in [0.717, 1.165) is 44.4 Å². The molecule has 0 atom stereocenters. The fourth-order valence-electron chi connectivity index (χ4n) is 6.66. The van der Waals surface area contributed by atoms with E-state index < -0.39 is 0 Å². The van der Waals surface area contributed by atoms with E-state index in [1.54, 1.807) is 48.0 Å². The highest BCUT2D eigenvalue weighted by Gasteiger charge is 2.18. The Bertz CT molecular complexity index is 2650. The highest BCUT2D eigenvalue weighted by atomic mass is 32.1. The second-order valence-electron chi connectivity index (χ2n) is 11.7. The van der Waals surface area contributed by atoms with Crippen molar-refractivity contribution in [3.05, 3.63) is 145 Å². The molecule has 4 aromatic carbocycles. The number of benzene rings is 4. The van der Waals surface area contributed by atoms with E-state index in [-0.39, 0.29) is 0 Å². The smallest absolute Gasteiger partial charge is 0.0992 e. The average Bonchev–Trinajstić information content (AvgIpc) is 3.56. The van der Waals surface area contributed by atoms with Crippen LogP contribution in [0.3, 0.4) is 0 Å². The molecule has 7 heteroatoms. The van der Waals surface area contributed by atoms with Crippen LogP contribution in [-0.2, 0) is 0 Å². The summed E-state index contributed by atoms with van der Waals surface area (Å²) in [6.07, 6.45) is 7.07. The highest BCUT2D eigenvalue weighted by molar-refractivity contribution is 7.26. The number of nitriles is 2. The summed E-state index contributed by atoms with van der Waals surface area (Å²) in [5.74, 6) is 0. The van der Waals surface area contributed by atoms with Gasteiger partial charge in [0.1, 0.15) is 0 Å². The number of fused-ring (bicyclic) bond motifs is 7. The molecule has 5 heterocycles. The van der Waals surface area contributed by atoms with Gasteiger partial charge in [-0.25, -0.2) is 0 Å². The Kier molecular flexibility index (Phi) is 6.65. The number of rotatable bonds is 4. The molecule has 226 valence electrons. The molecule has 0 amide bonds. The summed E-state index contributed by atoms with van der Waals surface area (Å²) in [5, 5.41) is 25.9. The van der Waals surface area contributed by atoms with Crippen molar-refractivity contribution in [1.82, 2.24) is 19.9 Å². The zero-order chi connectivity index (χ0) is 32.9. The van der Waals surface area contributed by atoms with Crippen LogP contribution in [0, 0.1) is 22.7 Å². The summed E-state index contributed by atoms with van der Waals surface area (Å²) in [6, 6.07) is 41.1. The van der Waals surface area contributed by atoms with Crippen LogP contribution in [0.25, 0.3) is 86.7 Å². The van der Waals surface area contributed by atoms with Crippen LogP contribution in [0.4, 0.5) is 0 Å². The zero-order valence-corrected chi connectivity index (χ0v) is 26.6. The summed E-state index contributed by atoms with van der Waals surface area (Å²) in [5.41, 5.74) is 8.17. The Hall–Kier alpha value is -6.80. The number of hydrogen-bond acceptors (Lipinski definition) is 7. The fraction of sp³-hybridized carbons (Fsp3) is 0. The third-order valence-corrected chi connectivity index (χ3v) is 10.0. The third kappa shape index (κ3) is 4.77. The third-order valence-electron chi connectivity index (χ3n) is 8.94. The summed E-state index contributed by atoms with van der Waals surface area (Å²) in [6.45, 7) is 0. The summed E-state index contributed by atoms with van der Waals surface area (Å²) >= 11 is 1.80. The van der Waals surface area contributed by atoms with Crippen LogP contribution in [0.2, 0.25) is 0 Å². The Labute approximate surface area is 284 Å². The predicted octanol–water partition coefficient (Wildman–Crippen LogP) is 10.4. The van der Waals surface area contributed by atoms with Crippen molar-refractivity contribution in [2.75, 3.05) is 0 Å². The van der Waals surface area contributed by atoms with Gasteiger partial charge in [-0.3, -0.25) is 19.9 Å². The topological polar surface area (TPSA) is 99.1 Å². The first-order valence-corrected chi connectivity index (χ1v) is 16.5. The van der Waals surface area contributed by atoms with Gasteiger partial charge < -0.3 is 0 Å². The van der Waals surface area contributed by atoms with E-state index in [4.69, 9.17) is 9.97 Å². The van der Waals surface area contributed by atoms with E-state index >= 15 is 0 Å². The van der Waals surface area contributed by atoms with Crippen molar-refractivity contribution in [3.63, 3.8) is 0 Å². The Morgan fingerprint density at radius 1 is 0.449 bits per heavy atom. The molecule has 0 aliphatic rings. The second-order valence-corrected chi connectivity index (χ2v) is 12.8. The number of aromatic nitrogens is 4. The van der Waals surface area contributed by atoms with Crippen LogP contribution in [0.5, 0.6) is 0 Å². The molecule has 9 rings (SSSR count). The maximum absolute atomic E-state index is 9.33. The summed E-state index contributed by atoms with van der Waals surface area (Å²) in [7, 11) is 0. The van der Waals surface area contributed by atoms with Crippen molar-refractivity contribution < 1.29 is 0 Å². The van der Waals surface area contributed by atoms with Gasteiger partial charge in [0.25, 0.3) is 0 Å². The highest BCUT2D eigenvalue weighted by Crippen LogP contribution is 2.47. The molecule has 0 unspecified atom stereocenters. The standard InChI is InChI=1S/C42H22N6S/c43-21-25-13-15-45-37(17-25)35-11-9-27(23-47-35)33-19-39-41(31-7-3-1-5-29(31)33)42-32-8-4-2-6-30(32)34(20-40(42)49-39)28-10-12-36(48-24-28)38-18-26(22-44)14-16-46-38/h1-20,23-24H. The number of nitrogens with zero attached hydrogens (tertiary/aromatic N) is 6. The van der Waals surface area contributed by atoms with Crippen LogP contribution in [-0.4, -0.2) is 19.9 Å². The summed E-state index contributed by atoms with van der Waals surface area (Å²) in [4.78, 5) is 18.4. The molecule has 9 aromatic rings. The minimum atomic E-state index is 0.556. The average molecular weight is 643 g/mol. The molecule has 0 radical (unpaired) electrons. The quantitative estimate of drug-likeness (QED) is 0.189. The SMILES string of the molecule is N#Cc1ccnc(-c2ccc(-c3cc4sc5cc(-c6ccc(-c7cc(C#N)ccn7)nc6)c6ccccc6c5c4c4ccccc34)cn2)c1. The van der Waals surface area contributed by atoms with Gasteiger partial charge in [-0.05, 0) is 81.2 Å². The molecule has 0 N–H and O–H groups in total. The Balaban J connectivity index is 1.21. The van der Waals surface area contributed by atoms with Crippen molar-refractivity contribution in [2.45, 2.75) is 0 Å². The molecule has 5 aromatic heterocycles. The minimum absolute atomic E-state index is 0.556. The van der Waals surface area contributed by atoms with E-state index in [2.05, 4.69) is 94.9 Å². The van der Waals surface area contributed by atoms with Gasteiger partial charge in [0.15, 0.2) is 0 Å². The predicted molar refractivity (Wildman–Crippen MR) is 197 cm³/mol. The molecule has 0 bridgehead atoms. The lowest BCUT2D eigenvalue weighted by atomic mass is 9.92. The first kappa shape index (κ1) is 28.4. The second kappa shape index (κ2) is 11.5. The lowest BCUT2D eigenvalue weighted by Crippen LogP contribution is -1.90. The van der Waals surface area contributed by atoms with E-state index in [9.17, 15) is 10.5 Å². The van der Waals surface area contributed by atoms with Gasteiger partial charge in [0.2, 0.25) is 0 Å². The van der Waals surface area contributed by atoms with Gasteiger partial charge in [0, 0.05) is 56.1 Å². The van der Waals surface area contributed by atoms with Gasteiger partial charge in [0.05, 0.1) is 46.0 Å². The van der Waals surface area contributed by atoms with Crippen molar-refractivity contribution in [3.8, 4) is 57.2 Å². The first-order valence-electron chi connectivity index (χ1n) is 15.6. The van der Waals surface area contributed by atoms with Crippen LogP contribution in [0.1, 0.15) is 11.1 Å². The van der Waals surface area contributed by atoms with E-state index in [1.165, 1.54) is 30.9 Å². The molecule has 0 saturated carbocycles. The first-order chi connectivity index (χ1) is 24.2. The molecule has 0 saturated heterocycles. The fourth-order valence-corrected chi connectivity index (χ4v) is 7.88. The molecular formula is C42H22N6S. The maximum Gasteiger partial charge on any atom is 0.0992 e. The minimum Gasteiger partial charge on any atom is -0.255 e. The van der Waals surface area contributed by atoms with Crippen LogP contribution < -0.4 is 0 Å². The molecule has 0 aliphatic heterocycles. The lowest BCUT2D eigenvalue weighted by molar-refractivity contribution is 1.24.